The normalized spacial score (nSPS) is 26.9. The van der Waals surface area contributed by atoms with Gasteiger partial charge in [0.2, 0.25) is 0 Å². The molecule has 6 rings (SSSR count). The van der Waals surface area contributed by atoms with Crippen LogP contribution >= 0.6 is 0 Å². The minimum absolute atomic E-state index is 0.326. The highest BCUT2D eigenvalue weighted by atomic mass is 16.6. The molecule has 2 aliphatic rings. The van der Waals surface area contributed by atoms with Gasteiger partial charge >= 0.3 is 0 Å². The molecule has 230 valence electrons. The van der Waals surface area contributed by atoms with Crippen LogP contribution in [0.5, 0.6) is 0 Å². The quantitative estimate of drug-likeness (QED) is 0.198. The molecule has 4 aromatic rings. The van der Waals surface area contributed by atoms with Crippen molar-refractivity contribution in [3.8, 4) is 0 Å². The zero-order valence-electron chi connectivity index (χ0n) is 25.1. The van der Waals surface area contributed by atoms with Crippen LogP contribution in [0, 0.1) is 0 Å². The van der Waals surface area contributed by atoms with Crippen LogP contribution in [-0.4, -0.2) is 47.8 Å². The van der Waals surface area contributed by atoms with E-state index in [1.165, 1.54) is 0 Å². The topological polar surface area (TPSA) is 66.4 Å². The molecular formula is C38H42O6. The van der Waals surface area contributed by atoms with Gasteiger partial charge in [0.05, 0.1) is 26.4 Å². The standard InChI is InChI=1S/C38H42O6/c39-38-23-13-14-24-40-36(38)34(42-26-30-17-7-2-8-18-30)33(41-25-29-15-5-1-6-16-29)35(43-27-31-19-9-3-10-20-31)37(38)44-28-32-21-11-4-12-22-32/h1-12,15-22,33-37,39H,13-14,23-28H2/t33-,34-,35+,36-,37-,38+/m1/s1. The molecule has 1 saturated carbocycles. The maximum absolute atomic E-state index is 12.7. The molecule has 0 amide bonds. The summed E-state index contributed by atoms with van der Waals surface area (Å²) in [7, 11) is 0. The first-order valence-electron chi connectivity index (χ1n) is 15.7. The van der Waals surface area contributed by atoms with Crippen LogP contribution in [-0.2, 0) is 50.1 Å². The van der Waals surface area contributed by atoms with Crippen molar-refractivity contribution >= 4 is 0 Å². The predicted octanol–water partition coefficient (Wildman–Crippen LogP) is 6.64. The van der Waals surface area contributed by atoms with Gasteiger partial charge in [0.1, 0.15) is 36.1 Å². The zero-order valence-corrected chi connectivity index (χ0v) is 25.1. The third-order valence-electron chi connectivity index (χ3n) is 8.63. The minimum atomic E-state index is -1.35. The summed E-state index contributed by atoms with van der Waals surface area (Å²) in [4.78, 5) is 0. The van der Waals surface area contributed by atoms with Crippen molar-refractivity contribution in [1.82, 2.24) is 0 Å². The molecule has 6 atom stereocenters. The number of aliphatic hydroxyl groups is 1. The second kappa shape index (κ2) is 15.1. The van der Waals surface area contributed by atoms with E-state index < -0.39 is 36.1 Å². The smallest absolute Gasteiger partial charge is 0.122 e. The summed E-state index contributed by atoms with van der Waals surface area (Å²) >= 11 is 0. The van der Waals surface area contributed by atoms with E-state index in [1.54, 1.807) is 0 Å². The van der Waals surface area contributed by atoms with Crippen LogP contribution < -0.4 is 0 Å². The van der Waals surface area contributed by atoms with Gasteiger partial charge in [-0.2, -0.15) is 0 Å². The molecule has 4 aromatic carbocycles. The SMILES string of the molecule is O[C@@]12CCCCO[C@@H]1[C@H](OCc1ccccc1)[C@@H](OCc1ccccc1)[C@H](OCc1ccccc1)[C@H]2OCc1ccccc1. The van der Waals surface area contributed by atoms with Gasteiger partial charge in [-0.3, -0.25) is 0 Å². The fourth-order valence-corrected chi connectivity index (χ4v) is 6.36. The molecule has 0 unspecified atom stereocenters. The van der Waals surface area contributed by atoms with Crippen molar-refractivity contribution in [2.45, 2.75) is 81.8 Å². The number of hydrogen-bond acceptors (Lipinski definition) is 6. The molecule has 44 heavy (non-hydrogen) atoms. The van der Waals surface area contributed by atoms with Crippen LogP contribution in [0.4, 0.5) is 0 Å². The molecule has 6 nitrogen and oxygen atoms in total. The number of hydrogen-bond donors (Lipinski definition) is 1. The monoisotopic (exact) mass is 594 g/mol. The molecule has 0 bridgehead atoms. The lowest BCUT2D eigenvalue weighted by atomic mass is 9.72. The van der Waals surface area contributed by atoms with Crippen LogP contribution in [0.3, 0.4) is 0 Å². The maximum Gasteiger partial charge on any atom is 0.122 e. The van der Waals surface area contributed by atoms with Gasteiger partial charge in [0.15, 0.2) is 0 Å². The lowest BCUT2D eigenvalue weighted by Gasteiger charge is -2.54. The lowest BCUT2D eigenvalue weighted by molar-refractivity contribution is -0.312. The van der Waals surface area contributed by atoms with E-state index in [0.717, 1.165) is 35.1 Å². The highest BCUT2D eigenvalue weighted by molar-refractivity contribution is 5.19. The van der Waals surface area contributed by atoms with Crippen LogP contribution in [0.1, 0.15) is 41.5 Å². The van der Waals surface area contributed by atoms with Crippen molar-refractivity contribution in [2.75, 3.05) is 6.61 Å². The summed E-state index contributed by atoms with van der Waals surface area (Å²) in [5.74, 6) is 0. The molecule has 1 N–H and O–H groups in total. The number of ether oxygens (including phenoxy) is 5. The third kappa shape index (κ3) is 7.46. The second-order valence-corrected chi connectivity index (χ2v) is 11.7. The average molecular weight is 595 g/mol. The molecule has 1 aliphatic carbocycles. The molecule has 0 aromatic heterocycles. The van der Waals surface area contributed by atoms with Gasteiger partial charge in [-0.1, -0.05) is 121 Å². The Morgan fingerprint density at radius 3 is 1.41 bits per heavy atom. The lowest BCUT2D eigenvalue weighted by Crippen LogP contribution is -2.72. The van der Waals surface area contributed by atoms with Crippen molar-refractivity contribution < 1.29 is 28.8 Å². The van der Waals surface area contributed by atoms with Gasteiger partial charge in [0, 0.05) is 6.61 Å². The molecule has 1 aliphatic heterocycles. The Kier molecular flexibility index (Phi) is 10.5. The summed E-state index contributed by atoms with van der Waals surface area (Å²) < 4.78 is 33.4. The largest absolute Gasteiger partial charge is 0.384 e. The Hall–Kier alpha value is -3.36. The first-order valence-corrected chi connectivity index (χ1v) is 15.7. The van der Waals surface area contributed by atoms with Crippen molar-refractivity contribution in [2.24, 2.45) is 0 Å². The summed E-state index contributed by atoms with van der Waals surface area (Å²) in [5, 5.41) is 12.7. The van der Waals surface area contributed by atoms with Gasteiger partial charge in [0.25, 0.3) is 0 Å². The Morgan fingerprint density at radius 1 is 0.523 bits per heavy atom. The molecule has 6 heteroatoms. The molecule has 0 radical (unpaired) electrons. The third-order valence-corrected chi connectivity index (χ3v) is 8.63. The van der Waals surface area contributed by atoms with E-state index >= 15 is 0 Å². The fraction of sp³-hybridized carbons (Fsp3) is 0.368. The van der Waals surface area contributed by atoms with Crippen LogP contribution in [0.15, 0.2) is 121 Å². The Bertz CT molecular complexity index is 1390. The number of rotatable bonds is 12. The van der Waals surface area contributed by atoms with Gasteiger partial charge in [-0.25, -0.2) is 0 Å². The molecule has 2 fully saturated rings. The van der Waals surface area contributed by atoms with Gasteiger partial charge in [-0.05, 0) is 41.5 Å². The summed E-state index contributed by atoms with van der Waals surface area (Å²) in [5.41, 5.74) is 2.79. The first kappa shape index (κ1) is 30.7. The minimum Gasteiger partial charge on any atom is -0.384 e. The highest BCUT2D eigenvalue weighted by Gasteiger charge is 2.62. The molecule has 0 spiro atoms. The maximum atomic E-state index is 12.7. The van der Waals surface area contributed by atoms with Crippen molar-refractivity contribution in [3.63, 3.8) is 0 Å². The fourth-order valence-electron chi connectivity index (χ4n) is 6.36. The highest BCUT2D eigenvalue weighted by Crippen LogP contribution is 2.43. The summed E-state index contributed by atoms with van der Waals surface area (Å²) in [6.45, 7) is 1.91. The zero-order chi connectivity index (χ0) is 30.0. The van der Waals surface area contributed by atoms with Gasteiger partial charge in [-0.15, -0.1) is 0 Å². The van der Waals surface area contributed by atoms with Crippen molar-refractivity contribution in [3.05, 3.63) is 144 Å². The molecule has 1 saturated heterocycles. The molecule has 1 heterocycles. The average Bonchev–Trinajstić information content (AvgIpc) is 3.28. The summed E-state index contributed by atoms with van der Waals surface area (Å²) in [6.07, 6.45) is -1.01. The molecular weight excluding hydrogens is 552 g/mol. The first-order chi connectivity index (χ1) is 21.7. The number of fused-ring (bicyclic) bond motifs is 1. The Labute approximate surface area is 260 Å². The summed E-state index contributed by atoms with van der Waals surface area (Å²) in [6, 6.07) is 40.3. The van der Waals surface area contributed by atoms with E-state index in [4.69, 9.17) is 23.7 Å². The van der Waals surface area contributed by atoms with E-state index in [2.05, 4.69) is 0 Å². The van der Waals surface area contributed by atoms with E-state index in [1.807, 2.05) is 121 Å². The Morgan fingerprint density at radius 2 is 0.932 bits per heavy atom. The van der Waals surface area contributed by atoms with Crippen molar-refractivity contribution in [1.29, 1.82) is 0 Å². The Balaban J connectivity index is 1.37. The number of benzene rings is 4. The van der Waals surface area contributed by atoms with E-state index in [-0.39, 0.29) is 0 Å². The van der Waals surface area contributed by atoms with Crippen LogP contribution in [0.2, 0.25) is 0 Å². The van der Waals surface area contributed by atoms with E-state index in [9.17, 15) is 5.11 Å². The van der Waals surface area contributed by atoms with Crippen LogP contribution in [0.25, 0.3) is 0 Å². The predicted molar refractivity (Wildman–Crippen MR) is 169 cm³/mol. The van der Waals surface area contributed by atoms with E-state index in [0.29, 0.717) is 39.5 Å². The van der Waals surface area contributed by atoms with Gasteiger partial charge < -0.3 is 28.8 Å². The second-order valence-electron chi connectivity index (χ2n) is 11.7.